The summed E-state index contributed by atoms with van der Waals surface area (Å²) in [5, 5.41) is 6.02. The number of thiazole rings is 1. The number of carbonyl (C=O) groups excluding carboxylic acids is 1. The van der Waals surface area contributed by atoms with Gasteiger partial charge in [0.1, 0.15) is 5.82 Å². The maximum atomic E-state index is 13.1. The molecule has 1 saturated heterocycles. The number of aromatic nitrogens is 1. The zero-order valence-corrected chi connectivity index (χ0v) is 15.9. The molecule has 0 saturated carbocycles. The quantitative estimate of drug-likeness (QED) is 0.879. The molecule has 1 N–H and O–H groups in total. The first-order chi connectivity index (χ1) is 11.5. The van der Waals surface area contributed by atoms with Crippen molar-refractivity contribution in [3.63, 3.8) is 0 Å². The number of piperazine rings is 1. The molecule has 0 unspecified atom stereocenters. The summed E-state index contributed by atoms with van der Waals surface area (Å²) in [7, 11) is 0. The second-order valence-electron chi connectivity index (χ2n) is 6.04. The SMILES string of the molecule is CC(=O)N(c1ccc(F)cc1)c1nc(CN2CCN[C@@H](C)C2)cs1.Cl. The maximum Gasteiger partial charge on any atom is 0.230 e. The Morgan fingerprint density at radius 1 is 1.44 bits per heavy atom. The van der Waals surface area contributed by atoms with E-state index in [1.54, 1.807) is 12.1 Å². The Hall–Kier alpha value is -1.54. The van der Waals surface area contributed by atoms with Crippen LogP contribution in [-0.2, 0) is 11.3 Å². The molecule has 1 amide bonds. The molecule has 5 nitrogen and oxygen atoms in total. The Morgan fingerprint density at radius 2 is 2.16 bits per heavy atom. The first-order valence-electron chi connectivity index (χ1n) is 7.99. The Balaban J connectivity index is 0.00000225. The van der Waals surface area contributed by atoms with Gasteiger partial charge in [0.15, 0.2) is 5.13 Å². The van der Waals surface area contributed by atoms with E-state index in [9.17, 15) is 9.18 Å². The van der Waals surface area contributed by atoms with Crippen molar-refractivity contribution in [2.45, 2.75) is 26.4 Å². The number of carbonyl (C=O) groups is 1. The number of benzene rings is 1. The van der Waals surface area contributed by atoms with Gasteiger partial charge in [-0.2, -0.15) is 0 Å². The highest BCUT2D eigenvalue weighted by Gasteiger charge is 2.20. The van der Waals surface area contributed by atoms with Crippen LogP contribution in [0.4, 0.5) is 15.2 Å². The molecule has 0 bridgehead atoms. The van der Waals surface area contributed by atoms with Crippen LogP contribution >= 0.6 is 23.7 Å². The van der Waals surface area contributed by atoms with E-state index in [2.05, 4.69) is 22.1 Å². The van der Waals surface area contributed by atoms with Crippen molar-refractivity contribution in [2.75, 3.05) is 24.5 Å². The van der Waals surface area contributed by atoms with Crippen LogP contribution < -0.4 is 10.2 Å². The van der Waals surface area contributed by atoms with Crippen molar-refractivity contribution in [1.29, 1.82) is 0 Å². The number of rotatable bonds is 4. The van der Waals surface area contributed by atoms with Gasteiger partial charge < -0.3 is 5.32 Å². The van der Waals surface area contributed by atoms with Crippen molar-refractivity contribution < 1.29 is 9.18 Å². The van der Waals surface area contributed by atoms with Gasteiger partial charge in [-0.25, -0.2) is 9.37 Å². The van der Waals surface area contributed by atoms with E-state index in [-0.39, 0.29) is 24.1 Å². The van der Waals surface area contributed by atoms with Gasteiger partial charge in [0.2, 0.25) is 5.91 Å². The van der Waals surface area contributed by atoms with Crippen LogP contribution in [0.25, 0.3) is 0 Å². The number of hydrogen-bond acceptors (Lipinski definition) is 5. The van der Waals surface area contributed by atoms with Crippen LogP contribution in [0.1, 0.15) is 19.5 Å². The molecular formula is C17H22ClFN4OS. The highest BCUT2D eigenvalue weighted by molar-refractivity contribution is 7.14. The average molecular weight is 385 g/mol. The summed E-state index contributed by atoms with van der Waals surface area (Å²) >= 11 is 1.43. The largest absolute Gasteiger partial charge is 0.312 e. The fourth-order valence-electron chi connectivity index (χ4n) is 2.87. The summed E-state index contributed by atoms with van der Waals surface area (Å²) < 4.78 is 13.1. The zero-order valence-electron chi connectivity index (χ0n) is 14.2. The average Bonchev–Trinajstić information content (AvgIpc) is 2.97. The predicted molar refractivity (Wildman–Crippen MR) is 101 cm³/mol. The van der Waals surface area contributed by atoms with E-state index in [1.165, 1.54) is 35.3 Å². The standard InChI is InChI=1S/C17H21FN4OS.ClH/c1-12-9-21(8-7-19-12)10-15-11-24-17(20-15)22(13(2)23)16-5-3-14(18)4-6-16;/h3-6,11-12,19H,7-10H2,1-2H3;1H/t12-;/m0./s1. The Bertz CT molecular complexity index is 709. The molecule has 2 heterocycles. The maximum absolute atomic E-state index is 13.1. The molecule has 1 atom stereocenters. The molecule has 1 aliphatic heterocycles. The van der Waals surface area contributed by atoms with Crippen molar-refractivity contribution in [1.82, 2.24) is 15.2 Å². The van der Waals surface area contributed by atoms with E-state index in [0.29, 0.717) is 16.9 Å². The summed E-state index contributed by atoms with van der Waals surface area (Å²) in [6.45, 7) is 7.39. The number of amides is 1. The van der Waals surface area contributed by atoms with Crippen LogP contribution in [0.15, 0.2) is 29.6 Å². The minimum absolute atomic E-state index is 0. The summed E-state index contributed by atoms with van der Waals surface area (Å²) in [4.78, 5) is 20.5. The fourth-order valence-corrected chi connectivity index (χ4v) is 3.75. The van der Waals surface area contributed by atoms with Gasteiger partial charge in [-0.15, -0.1) is 23.7 Å². The van der Waals surface area contributed by atoms with Crippen LogP contribution in [0.2, 0.25) is 0 Å². The molecule has 0 radical (unpaired) electrons. The summed E-state index contributed by atoms with van der Waals surface area (Å²) in [5.41, 5.74) is 1.58. The van der Waals surface area contributed by atoms with Crippen LogP contribution in [0, 0.1) is 5.82 Å². The number of nitrogens with zero attached hydrogens (tertiary/aromatic N) is 3. The number of nitrogens with one attached hydrogen (secondary N) is 1. The lowest BCUT2D eigenvalue weighted by Crippen LogP contribution is -2.48. The van der Waals surface area contributed by atoms with Gasteiger partial charge in [-0.1, -0.05) is 0 Å². The molecule has 1 aromatic heterocycles. The van der Waals surface area contributed by atoms with Crippen LogP contribution in [0.3, 0.4) is 0 Å². The molecule has 1 aliphatic rings. The molecule has 2 aromatic rings. The Labute approximate surface area is 157 Å². The number of anilines is 2. The lowest BCUT2D eigenvalue weighted by Gasteiger charge is -2.31. The fraction of sp³-hybridized carbons (Fsp3) is 0.412. The van der Waals surface area contributed by atoms with Crippen molar-refractivity contribution >= 4 is 40.5 Å². The minimum Gasteiger partial charge on any atom is -0.312 e. The van der Waals surface area contributed by atoms with E-state index in [1.807, 2.05) is 5.38 Å². The molecule has 1 fully saturated rings. The minimum atomic E-state index is -0.324. The molecule has 1 aromatic carbocycles. The molecule has 25 heavy (non-hydrogen) atoms. The number of halogens is 2. The van der Waals surface area contributed by atoms with Gasteiger partial charge in [-0.3, -0.25) is 14.6 Å². The summed E-state index contributed by atoms with van der Waals surface area (Å²) in [6.07, 6.45) is 0. The van der Waals surface area contributed by atoms with Gasteiger partial charge in [0.05, 0.1) is 11.4 Å². The normalized spacial score (nSPS) is 17.8. The third kappa shape index (κ3) is 4.98. The lowest BCUT2D eigenvalue weighted by atomic mass is 10.2. The van der Waals surface area contributed by atoms with Gasteiger partial charge >= 0.3 is 0 Å². The molecule has 0 aliphatic carbocycles. The van der Waals surface area contributed by atoms with Crippen LogP contribution in [0.5, 0.6) is 0 Å². The Kier molecular flexibility index (Phi) is 6.89. The van der Waals surface area contributed by atoms with Crippen molar-refractivity contribution in [2.24, 2.45) is 0 Å². The molecular weight excluding hydrogens is 363 g/mol. The lowest BCUT2D eigenvalue weighted by molar-refractivity contribution is -0.115. The van der Waals surface area contributed by atoms with Gasteiger partial charge in [0.25, 0.3) is 0 Å². The van der Waals surface area contributed by atoms with Gasteiger partial charge in [0, 0.05) is 44.5 Å². The van der Waals surface area contributed by atoms with Crippen molar-refractivity contribution in [3.8, 4) is 0 Å². The highest BCUT2D eigenvalue weighted by atomic mass is 35.5. The van der Waals surface area contributed by atoms with E-state index < -0.39 is 0 Å². The second kappa shape index (κ2) is 8.71. The summed E-state index contributed by atoms with van der Waals surface area (Å²) in [5.74, 6) is -0.465. The second-order valence-corrected chi connectivity index (χ2v) is 6.88. The molecule has 136 valence electrons. The third-order valence-electron chi connectivity index (χ3n) is 3.97. The monoisotopic (exact) mass is 384 g/mol. The first-order valence-corrected chi connectivity index (χ1v) is 8.87. The van der Waals surface area contributed by atoms with Crippen LogP contribution in [-0.4, -0.2) is 41.5 Å². The Morgan fingerprint density at radius 3 is 2.80 bits per heavy atom. The smallest absolute Gasteiger partial charge is 0.230 e. The van der Waals surface area contributed by atoms with Gasteiger partial charge in [-0.05, 0) is 31.2 Å². The molecule has 8 heteroatoms. The predicted octanol–water partition coefficient (Wildman–Crippen LogP) is 3.18. The molecule has 3 rings (SSSR count). The topological polar surface area (TPSA) is 48.5 Å². The third-order valence-corrected chi connectivity index (χ3v) is 4.84. The first kappa shape index (κ1) is 19.8. The van der Waals surface area contributed by atoms with E-state index in [0.717, 1.165) is 31.9 Å². The number of hydrogen-bond donors (Lipinski definition) is 1. The van der Waals surface area contributed by atoms with E-state index >= 15 is 0 Å². The van der Waals surface area contributed by atoms with E-state index in [4.69, 9.17) is 0 Å². The zero-order chi connectivity index (χ0) is 17.1. The highest BCUT2D eigenvalue weighted by Crippen LogP contribution is 2.29. The molecule has 0 spiro atoms. The van der Waals surface area contributed by atoms with Crippen molar-refractivity contribution in [3.05, 3.63) is 41.2 Å². The summed E-state index contributed by atoms with van der Waals surface area (Å²) in [6, 6.07) is 6.36.